The average Bonchev–Trinajstić information content (AvgIpc) is 2.54. The molecule has 0 aromatic heterocycles. The number of piperidine rings is 1. The minimum Gasteiger partial charge on any atom is -0.354 e. The third-order valence-corrected chi connectivity index (χ3v) is 4.32. The van der Waals surface area contributed by atoms with Crippen LogP contribution in [0.4, 0.5) is 0 Å². The van der Waals surface area contributed by atoms with E-state index in [2.05, 4.69) is 16.0 Å². The first-order valence-corrected chi connectivity index (χ1v) is 8.02. The second-order valence-corrected chi connectivity index (χ2v) is 6.14. The third kappa shape index (κ3) is 6.55. The van der Waals surface area contributed by atoms with E-state index in [0.29, 0.717) is 28.1 Å². The van der Waals surface area contributed by atoms with Crippen LogP contribution in [-0.2, 0) is 4.79 Å². The molecule has 2 amide bonds. The molecule has 1 saturated heterocycles. The van der Waals surface area contributed by atoms with Crippen molar-refractivity contribution in [2.24, 2.45) is 5.92 Å². The quantitative estimate of drug-likeness (QED) is 0.734. The Bertz CT molecular complexity index is 549. The minimum atomic E-state index is -0.354. The number of hydrogen-bond acceptors (Lipinski definition) is 3. The molecule has 3 N–H and O–H groups in total. The predicted octanol–water partition coefficient (Wildman–Crippen LogP) is 2.26. The van der Waals surface area contributed by atoms with Gasteiger partial charge in [-0.25, -0.2) is 0 Å². The van der Waals surface area contributed by atoms with Crippen LogP contribution in [0.3, 0.4) is 0 Å². The second kappa shape index (κ2) is 9.98. The highest BCUT2D eigenvalue weighted by molar-refractivity contribution is 6.42. The van der Waals surface area contributed by atoms with Gasteiger partial charge in [-0.1, -0.05) is 23.2 Å². The van der Waals surface area contributed by atoms with Crippen LogP contribution in [0.5, 0.6) is 0 Å². The van der Waals surface area contributed by atoms with Crippen molar-refractivity contribution in [1.29, 1.82) is 0 Å². The number of amides is 2. The van der Waals surface area contributed by atoms with Crippen molar-refractivity contribution in [1.82, 2.24) is 16.0 Å². The van der Waals surface area contributed by atoms with E-state index >= 15 is 0 Å². The molecule has 1 unspecified atom stereocenters. The highest BCUT2D eigenvalue weighted by atomic mass is 35.5. The van der Waals surface area contributed by atoms with Gasteiger partial charge in [0.15, 0.2) is 0 Å². The Balaban J connectivity index is 0.00000264. The molecule has 0 saturated carbocycles. The highest BCUT2D eigenvalue weighted by Crippen LogP contribution is 2.22. The SMILES string of the molecule is Cl.O=C(CNC(=O)c1ccc(Cl)c(Cl)c1)NCC1CCCNC1. The minimum absolute atomic E-state index is 0. The smallest absolute Gasteiger partial charge is 0.251 e. The van der Waals surface area contributed by atoms with E-state index < -0.39 is 0 Å². The molecule has 2 rings (SSSR count). The van der Waals surface area contributed by atoms with E-state index in [4.69, 9.17) is 23.2 Å². The monoisotopic (exact) mass is 379 g/mol. The Hall–Kier alpha value is -1.01. The standard InChI is InChI=1S/C15H19Cl2N3O2.ClH/c16-12-4-3-11(6-13(12)17)15(22)20-9-14(21)19-8-10-2-1-5-18-7-10;/h3-4,6,10,18H,1-2,5,7-9H2,(H,19,21)(H,20,22);1H. The number of hydrogen-bond donors (Lipinski definition) is 3. The van der Waals surface area contributed by atoms with Gasteiger partial charge in [-0.05, 0) is 50.0 Å². The molecule has 5 nitrogen and oxygen atoms in total. The molecule has 1 aliphatic rings. The van der Waals surface area contributed by atoms with Crippen molar-refractivity contribution in [2.45, 2.75) is 12.8 Å². The summed E-state index contributed by atoms with van der Waals surface area (Å²) in [6.07, 6.45) is 2.25. The molecule has 0 radical (unpaired) electrons. The van der Waals surface area contributed by atoms with Crippen molar-refractivity contribution in [2.75, 3.05) is 26.2 Å². The molecular weight excluding hydrogens is 361 g/mol. The van der Waals surface area contributed by atoms with Gasteiger partial charge in [0, 0.05) is 12.1 Å². The van der Waals surface area contributed by atoms with E-state index in [9.17, 15) is 9.59 Å². The van der Waals surface area contributed by atoms with Crippen LogP contribution >= 0.6 is 35.6 Å². The zero-order valence-corrected chi connectivity index (χ0v) is 14.9. The fraction of sp³-hybridized carbons (Fsp3) is 0.467. The van der Waals surface area contributed by atoms with Gasteiger partial charge in [0.1, 0.15) is 0 Å². The molecule has 0 spiro atoms. The van der Waals surface area contributed by atoms with Gasteiger partial charge in [-0.3, -0.25) is 9.59 Å². The van der Waals surface area contributed by atoms with Gasteiger partial charge in [0.2, 0.25) is 5.91 Å². The molecule has 1 aromatic rings. The van der Waals surface area contributed by atoms with Gasteiger partial charge in [0.25, 0.3) is 5.91 Å². The lowest BCUT2D eigenvalue weighted by molar-refractivity contribution is -0.120. The van der Waals surface area contributed by atoms with Crippen molar-refractivity contribution < 1.29 is 9.59 Å². The summed E-state index contributed by atoms with van der Waals surface area (Å²) < 4.78 is 0. The van der Waals surface area contributed by atoms with E-state index in [0.717, 1.165) is 25.9 Å². The Kier molecular flexibility index (Phi) is 8.69. The molecule has 1 atom stereocenters. The molecular formula is C15H20Cl3N3O2. The molecule has 128 valence electrons. The summed E-state index contributed by atoms with van der Waals surface area (Å²) in [6.45, 7) is 2.55. The lowest BCUT2D eigenvalue weighted by atomic mass is 10.00. The topological polar surface area (TPSA) is 70.2 Å². The van der Waals surface area contributed by atoms with Crippen LogP contribution in [0.2, 0.25) is 10.0 Å². The maximum atomic E-state index is 11.9. The summed E-state index contributed by atoms with van der Waals surface area (Å²) in [7, 11) is 0. The van der Waals surface area contributed by atoms with Crippen LogP contribution in [0, 0.1) is 5.92 Å². The van der Waals surface area contributed by atoms with E-state index in [1.165, 1.54) is 6.07 Å². The number of carbonyl (C=O) groups is 2. The van der Waals surface area contributed by atoms with Crippen LogP contribution in [0.25, 0.3) is 0 Å². The maximum Gasteiger partial charge on any atom is 0.251 e. The molecule has 23 heavy (non-hydrogen) atoms. The van der Waals surface area contributed by atoms with Crippen LogP contribution in [-0.4, -0.2) is 38.0 Å². The van der Waals surface area contributed by atoms with Crippen molar-refractivity contribution in [3.8, 4) is 0 Å². The lowest BCUT2D eigenvalue weighted by Gasteiger charge is -2.22. The zero-order chi connectivity index (χ0) is 15.9. The molecule has 1 heterocycles. The molecule has 1 aliphatic heterocycles. The van der Waals surface area contributed by atoms with Gasteiger partial charge >= 0.3 is 0 Å². The summed E-state index contributed by atoms with van der Waals surface area (Å²) in [4.78, 5) is 23.7. The number of rotatable bonds is 5. The van der Waals surface area contributed by atoms with E-state index in [1.54, 1.807) is 12.1 Å². The fourth-order valence-electron chi connectivity index (χ4n) is 2.32. The highest BCUT2D eigenvalue weighted by Gasteiger charge is 2.14. The van der Waals surface area contributed by atoms with Crippen LogP contribution in [0.1, 0.15) is 23.2 Å². The summed E-state index contributed by atoms with van der Waals surface area (Å²) in [5.74, 6) is -0.0875. The Labute approximate surface area is 151 Å². The van der Waals surface area contributed by atoms with Crippen molar-refractivity contribution in [3.63, 3.8) is 0 Å². The Morgan fingerprint density at radius 2 is 2.00 bits per heavy atom. The normalized spacial score (nSPS) is 17.0. The van der Waals surface area contributed by atoms with Gasteiger partial charge in [-0.15, -0.1) is 12.4 Å². The maximum absolute atomic E-state index is 11.9. The Morgan fingerprint density at radius 3 is 2.65 bits per heavy atom. The number of carbonyl (C=O) groups excluding carboxylic acids is 2. The lowest BCUT2D eigenvalue weighted by Crippen LogP contribution is -2.42. The summed E-state index contributed by atoms with van der Waals surface area (Å²) >= 11 is 11.7. The fourth-order valence-corrected chi connectivity index (χ4v) is 2.62. The first kappa shape index (κ1) is 20.0. The molecule has 0 bridgehead atoms. The molecule has 0 aliphatic carbocycles. The number of benzene rings is 1. The van der Waals surface area contributed by atoms with Crippen LogP contribution in [0.15, 0.2) is 18.2 Å². The average molecular weight is 381 g/mol. The largest absolute Gasteiger partial charge is 0.354 e. The first-order chi connectivity index (χ1) is 10.6. The summed E-state index contributed by atoms with van der Waals surface area (Å²) in [6, 6.07) is 4.59. The molecule has 1 aromatic carbocycles. The van der Waals surface area contributed by atoms with Gasteiger partial charge < -0.3 is 16.0 Å². The first-order valence-electron chi connectivity index (χ1n) is 7.27. The van der Waals surface area contributed by atoms with Gasteiger partial charge in [0.05, 0.1) is 16.6 Å². The van der Waals surface area contributed by atoms with Crippen molar-refractivity contribution >= 4 is 47.4 Å². The van der Waals surface area contributed by atoms with E-state index in [-0.39, 0.29) is 30.8 Å². The predicted molar refractivity (Wildman–Crippen MR) is 94.6 cm³/mol. The zero-order valence-electron chi connectivity index (χ0n) is 12.5. The van der Waals surface area contributed by atoms with Crippen LogP contribution < -0.4 is 16.0 Å². The van der Waals surface area contributed by atoms with Crippen molar-refractivity contribution in [3.05, 3.63) is 33.8 Å². The number of halogens is 3. The Morgan fingerprint density at radius 1 is 1.22 bits per heavy atom. The second-order valence-electron chi connectivity index (χ2n) is 5.33. The molecule has 1 fully saturated rings. The van der Waals surface area contributed by atoms with E-state index in [1.807, 2.05) is 0 Å². The van der Waals surface area contributed by atoms with Gasteiger partial charge in [-0.2, -0.15) is 0 Å². The summed E-state index contributed by atoms with van der Waals surface area (Å²) in [5, 5.41) is 9.39. The molecule has 8 heteroatoms. The third-order valence-electron chi connectivity index (χ3n) is 3.58. The number of nitrogens with one attached hydrogen (secondary N) is 3. The summed E-state index contributed by atoms with van der Waals surface area (Å²) in [5.41, 5.74) is 0.374.